The first-order chi connectivity index (χ1) is 10.1. The van der Waals surface area contributed by atoms with Crippen LogP contribution in [0.2, 0.25) is 0 Å². The Hall–Kier alpha value is -1.35. The highest BCUT2D eigenvalue weighted by Gasteiger charge is 2.44. The summed E-state index contributed by atoms with van der Waals surface area (Å²) in [5.41, 5.74) is 2.38. The molecule has 2 aliphatic rings. The van der Waals surface area contributed by atoms with E-state index in [1.54, 1.807) is 0 Å². The van der Waals surface area contributed by atoms with Crippen LogP contribution in [-0.2, 0) is 16.8 Å². The maximum absolute atomic E-state index is 13.1. The van der Waals surface area contributed by atoms with Gasteiger partial charge in [-0.2, -0.15) is 0 Å². The molecule has 1 fully saturated rings. The second-order valence-corrected chi connectivity index (χ2v) is 6.91. The van der Waals surface area contributed by atoms with Crippen molar-refractivity contribution in [2.75, 3.05) is 7.05 Å². The van der Waals surface area contributed by atoms with Gasteiger partial charge in [-0.3, -0.25) is 4.79 Å². The Bertz CT molecular complexity index is 532. The van der Waals surface area contributed by atoms with Crippen LogP contribution >= 0.6 is 0 Å². The van der Waals surface area contributed by atoms with Gasteiger partial charge in [0.2, 0.25) is 5.91 Å². The van der Waals surface area contributed by atoms with Crippen LogP contribution in [0.3, 0.4) is 0 Å². The summed E-state index contributed by atoms with van der Waals surface area (Å²) in [6.07, 6.45) is 5.58. The van der Waals surface area contributed by atoms with Gasteiger partial charge in [0.05, 0.1) is 11.6 Å². The molecular formula is C18H26N2O. The molecule has 3 heteroatoms. The molecule has 1 unspecified atom stereocenters. The number of nitrogens with zero attached hydrogens (tertiary/aromatic N) is 1. The lowest BCUT2D eigenvalue weighted by Crippen LogP contribution is -2.55. The number of hydrogen-bond acceptors (Lipinski definition) is 2. The van der Waals surface area contributed by atoms with Gasteiger partial charge in [-0.25, -0.2) is 0 Å². The van der Waals surface area contributed by atoms with Gasteiger partial charge in [0.15, 0.2) is 0 Å². The van der Waals surface area contributed by atoms with Gasteiger partial charge in [-0.15, -0.1) is 0 Å². The van der Waals surface area contributed by atoms with E-state index < -0.39 is 0 Å². The van der Waals surface area contributed by atoms with Crippen molar-refractivity contribution in [3.8, 4) is 0 Å². The first-order valence-electron chi connectivity index (χ1n) is 8.14. The maximum atomic E-state index is 13.1. The molecule has 114 valence electrons. The number of fused-ring (bicyclic) bond motifs is 1. The smallest absolute Gasteiger partial charge is 0.240 e. The van der Waals surface area contributed by atoms with Gasteiger partial charge in [0.25, 0.3) is 0 Å². The summed E-state index contributed by atoms with van der Waals surface area (Å²) >= 11 is 0. The maximum Gasteiger partial charge on any atom is 0.240 e. The van der Waals surface area contributed by atoms with Crippen molar-refractivity contribution >= 4 is 5.91 Å². The standard InChI is InChI=1S/C18H26N2O/c1-18(2)15-11-7-4-8-13(15)12-16(19-3)17(21)20(18)14-9-5-6-10-14/h4,7-8,11,14,16,19H,5-6,9-10,12H2,1-3H3. The second-order valence-electron chi connectivity index (χ2n) is 6.91. The molecule has 1 saturated carbocycles. The second kappa shape index (κ2) is 5.45. The molecule has 1 heterocycles. The van der Waals surface area contributed by atoms with Crippen LogP contribution in [0.5, 0.6) is 0 Å². The van der Waals surface area contributed by atoms with Gasteiger partial charge < -0.3 is 10.2 Å². The Kier molecular flexibility index (Phi) is 3.78. The summed E-state index contributed by atoms with van der Waals surface area (Å²) in [5, 5.41) is 3.23. The zero-order chi connectivity index (χ0) is 15.0. The normalized spacial score (nSPS) is 25.8. The van der Waals surface area contributed by atoms with E-state index in [9.17, 15) is 4.79 Å². The summed E-state index contributed by atoms with van der Waals surface area (Å²) in [5.74, 6) is 0.269. The Balaban J connectivity index is 2.10. The largest absolute Gasteiger partial charge is 0.329 e. The fraction of sp³-hybridized carbons (Fsp3) is 0.611. The fourth-order valence-corrected chi connectivity index (χ4v) is 4.20. The number of rotatable bonds is 2. The fourth-order valence-electron chi connectivity index (χ4n) is 4.20. The third-order valence-electron chi connectivity index (χ3n) is 5.28. The van der Waals surface area contributed by atoms with Gasteiger partial charge >= 0.3 is 0 Å². The minimum absolute atomic E-state index is 0.103. The van der Waals surface area contributed by atoms with E-state index in [4.69, 9.17) is 0 Å². The Morgan fingerprint density at radius 1 is 1.19 bits per heavy atom. The average molecular weight is 286 g/mol. The Labute approximate surface area is 127 Å². The van der Waals surface area contributed by atoms with E-state index in [0.717, 1.165) is 19.3 Å². The van der Waals surface area contributed by atoms with Crippen molar-refractivity contribution in [2.45, 2.75) is 63.6 Å². The van der Waals surface area contributed by atoms with Gasteiger partial charge in [-0.05, 0) is 51.3 Å². The highest BCUT2D eigenvalue weighted by atomic mass is 16.2. The molecule has 1 aromatic rings. The molecule has 1 aliphatic carbocycles. The quantitative estimate of drug-likeness (QED) is 0.906. The minimum Gasteiger partial charge on any atom is -0.329 e. The first kappa shape index (κ1) is 14.6. The summed E-state index contributed by atoms with van der Waals surface area (Å²) in [7, 11) is 1.90. The highest BCUT2D eigenvalue weighted by Crippen LogP contribution is 2.39. The number of carbonyl (C=O) groups is 1. The summed E-state index contributed by atoms with van der Waals surface area (Å²) in [6.45, 7) is 4.42. The van der Waals surface area contributed by atoms with E-state index in [1.807, 2.05) is 7.05 Å². The van der Waals surface area contributed by atoms with Crippen LogP contribution in [-0.4, -0.2) is 29.9 Å². The highest BCUT2D eigenvalue weighted by molar-refractivity contribution is 5.84. The van der Waals surface area contributed by atoms with Crippen LogP contribution in [0.15, 0.2) is 24.3 Å². The molecule has 1 amide bonds. The predicted molar refractivity (Wildman–Crippen MR) is 85.1 cm³/mol. The van der Waals surface area contributed by atoms with Crippen LogP contribution < -0.4 is 5.32 Å². The van der Waals surface area contributed by atoms with Gasteiger partial charge in [-0.1, -0.05) is 37.1 Å². The topological polar surface area (TPSA) is 32.3 Å². The monoisotopic (exact) mass is 286 g/mol. The Morgan fingerprint density at radius 2 is 1.86 bits per heavy atom. The molecule has 21 heavy (non-hydrogen) atoms. The molecule has 0 bridgehead atoms. The van der Waals surface area contributed by atoms with Crippen LogP contribution in [0.1, 0.15) is 50.7 Å². The number of carbonyl (C=O) groups excluding carboxylic acids is 1. The van der Waals surface area contributed by atoms with Crippen molar-refractivity contribution < 1.29 is 4.79 Å². The lowest BCUT2D eigenvalue weighted by atomic mass is 9.87. The van der Waals surface area contributed by atoms with E-state index in [0.29, 0.717) is 6.04 Å². The number of amides is 1. The number of benzene rings is 1. The molecule has 1 aromatic carbocycles. The molecule has 3 nitrogen and oxygen atoms in total. The molecule has 0 radical (unpaired) electrons. The lowest BCUT2D eigenvalue weighted by Gasteiger charge is -2.43. The van der Waals surface area contributed by atoms with Crippen molar-refractivity contribution in [2.24, 2.45) is 0 Å². The molecule has 1 atom stereocenters. The summed E-state index contributed by atoms with van der Waals surface area (Å²) in [4.78, 5) is 15.3. The van der Waals surface area contributed by atoms with Gasteiger partial charge in [0, 0.05) is 6.04 Å². The molecule has 0 aromatic heterocycles. The molecule has 0 spiro atoms. The van der Waals surface area contributed by atoms with Crippen molar-refractivity contribution in [1.29, 1.82) is 0 Å². The molecule has 1 aliphatic heterocycles. The third kappa shape index (κ3) is 2.38. The van der Waals surface area contributed by atoms with E-state index in [-0.39, 0.29) is 17.5 Å². The van der Waals surface area contributed by atoms with Crippen molar-refractivity contribution in [3.05, 3.63) is 35.4 Å². The zero-order valence-electron chi connectivity index (χ0n) is 13.4. The molecule has 0 saturated heterocycles. The first-order valence-corrected chi connectivity index (χ1v) is 8.14. The predicted octanol–water partition coefficient (Wildman–Crippen LogP) is 2.84. The van der Waals surface area contributed by atoms with Gasteiger partial charge in [0.1, 0.15) is 0 Å². The summed E-state index contributed by atoms with van der Waals surface area (Å²) < 4.78 is 0. The molecule has 3 rings (SSSR count). The van der Waals surface area contributed by atoms with E-state index >= 15 is 0 Å². The van der Waals surface area contributed by atoms with Crippen molar-refractivity contribution in [3.63, 3.8) is 0 Å². The van der Waals surface area contributed by atoms with Crippen molar-refractivity contribution in [1.82, 2.24) is 10.2 Å². The van der Waals surface area contributed by atoms with Crippen LogP contribution in [0, 0.1) is 0 Å². The SMILES string of the molecule is CNC1Cc2ccccc2C(C)(C)N(C2CCCC2)C1=O. The number of likely N-dealkylation sites (N-methyl/N-ethyl adjacent to an activating group) is 1. The zero-order valence-corrected chi connectivity index (χ0v) is 13.4. The number of nitrogens with one attached hydrogen (secondary N) is 1. The Morgan fingerprint density at radius 3 is 2.52 bits per heavy atom. The number of hydrogen-bond donors (Lipinski definition) is 1. The third-order valence-corrected chi connectivity index (χ3v) is 5.28. The summed E-state index contributed by atoms with van der Waals surface area (Å²) in [6, 6.07) is 8.84. The average Bonchev–Trinajstić information content (AvgIpc) is 2.95. The lowest BCUT2D eigenvalue weighted by molar-refractivity contribution is -0.141. The van der Waals surface area contributed by atoms with E-state index in [2.05, 4.69) is 48.3 Å². The van der Waals surface area contributed by atoms with E-state index in [1.165, 1.54) is 24.0 Å². The molecular weight excluding hydrogens is 260 g/mol. The minimum atomic E-state index is -0.228. The molecule has 1 N–H and O–H groups in total. The van der Waals surface area contributed by atoms with Crippen LogP contribution in [0.4, 0.5) is 0 Å². The van der Waals surface area contributed by atoms with Crippen LogP contribution in [0.25, 0.3) is 0 Å².